The minimum absolute atomic E-state index is 0.263. The number of ether oxygens (including phenoxy) is 1. The van der Waals surface area contributed by atoms with E-state index in [4.69, 9.17) is 17.0 Å². The highest BCUT2D eigenvalue weighted by atomic mass is 79.9. The van der Waals surface area contributed by atoms with Crippen LogP contribution in [0, 0.1) is 13.8 Å². The number of aryl methyl sites for hydroxylation is 2. The van der Waals surface area contributed by atoms with Crippen molar-refractivity contribution in [2.45, 2.75) is 13.8 Å². The second-order valence-corrected chi connectivity index (χ2v) is 6.38. The fourth-order valence-corrected chi connectivity index (χ4v) is 3.05. The molecule has 0 spiro atoms. The van der Waals surface area contributed by atoms with Crippen molar-refractivity contribution in [1.29, 1.82) is 0 Å². The van der Waals surface area contributed by atoms with Gasteiger partial charge in [-0.25, -0.2) is 0 Å². The van der Waals surface area contributed by atoms with Gasteiger partial charge in [0, 0.05) is 15.7 Å². The molecule has 0 aliphatic rings. The molecule has 4 nitrogen and oxygen atoms in total. The van der Waals surface area contributed by atoms with Gasteiger partial charge in [-0.05, 0) is 73.6 Å². The van der Waals surface area contributed by atoms with Crippen molar-refractivity contribution in [2.75, 3.05) is 12.4 Å². The molecule has 0 unspecified atom stereocenters. The molecule has 0 fully saturated rings. The van der Waals surface area contributed by atoms with Gasteiger partial charge in [0.1, 0.15) is 5.75 Å². The highest BCUT2D eigenvalue weighted by molar-refractivity contribution is 9.10. The van der Waals surface area contributed by atoms with Crippen LogP contribution in [0.1, 0.15) is 21.5 Å². The third-order valence-corrected chi connectivity index (χ3v) is 3.98. The first-order chi connectivity index (χ1) is 10.9. The summed E-state index contributed by atoms with van der Waals surface area (Å²) in [6, 6.07) is 10.8. The number of carbonyl (C=O) groups excluding carboxylic acids is 1. The standard InChI is InChI=1S/C17H17BrN2O2S/c1-10-8-13(18)9-11(2)15(10)19-17(23)20-16(21)12-4-6-14(22-3)7-5-12/h4-9H,1-3H3,(H2,19,20,21,23). The van der Waals surface area contributed by atoms with Crippen molar-refractivity contribution in [3.63, 3.8) is 0 Å². The lowest BCUT2D eigenvalue weighted by molar-refractivity contribution is 0.0977. The fraction of sp³-hybridized carbons (Fsp3) is 0.176. The van der Waals surface area contributed by atoms with Crippen LogP contribution in [0.2, 0.25) is 0 Å². The maximum atomic E-state index is 12.2. The molecule has 2 aromatic carbocycles. The third kappa shape index (κ3) is 4.53. The van der Waals surface area contributed by atoms with Crippen LogP contribution in [-0.2, 0) is 0 Å². The van der Waals surface area contributed by atoms with Crippen molar-refractivity contribution in [1.82, 2.24) is 5.32 Å². The van der Waals surface area contributed by atoms with Crippen molar-refractivity contribution in [3.05, 3.63) is 57.6 Å². The molecule has 0 saturated carbocycles. The molecule has 0 aliphatic carbocycles. The monoisotopic (exact) mass is 392 g/mol. The summed E-state index contributed by atoms with van der Waals surface area (Å²) in [6.07, 6.45) is 0. The molecule has 0 radical (unpaired) electrons. The number of halogens is 1. The lowest BCUT2D eigenvalue weighted by Crippen LogP contribution is -2.34. The highest BCUT2D eigenvalue weighted by Gasteiger charge is 2.10. The Kier molecular flexibility index (Phi) is 5.74. The first kappa shape index (κ1) is 17.4. The van der Waals surface area contributed by atoms with E-state index < -0.39 is 0 Å². The molecule has 0 bridgehead atoms. The van der Waals surface area contributed by atoms with Gasteiger partial charge in [0.2, 0.25) is 0 Å². The number of thiocarbonyl (C=S) groups is 1. The molecule has 23 heavy (non-hydrogen) atoms. The molecule has 120 valence electrons. The van der Waals surface area contributed by atoms with Gasteiger partial charge in [-0.15, -0.1) is 0 Å². The van der Waals surface area contributed by atoms with Crippen molar-refractivity contribution in [2.24, 2.45) is 0 Å². The zero-order chi connectivity index (χ0) is 17.0. The summed E-state index contributed by atoms with van der Waals surface area (Å²) in [7, 11) is 1.58. The SMILES string of the molecule is COc1ccc(C(=O)NC(=S)Nc2c(C)cc(Br)cc2C)cc1. The average Bonchev–Trinajstić information content (AvgIpc) is 2.51. The largest absolute Gasteiger partial charge is 0.497 e. The second-order valence-electron chi connectivity index (χ2n) is 5.05. The Morgan fingerprint density at radius 3 is 2.22 bits per heavy atom. The lowest BCUT2D eigenvalue weighted by Gasteiger charge is -2.15. The van der Waals surface area contributed by atoms with Gasteiger partial charge in [0.25, 0.3) is 5.91 Å². The Morgan fingerprint density at radius 2 is 1.70 bits per heavy atom. The second kappa shape index (κ2) is 7.57. The Balaban J connectivity index is 2.05. The normalized spacial score (nSPS) is 10.1. The number of amides is 1. The molecule has 0 atom stereocenters. The summed E-state index contributed by atoms with van der Waals surface area (Å²) < 4.78 is 6.08. The number of carbonyl (C=O) groups is 1. The molecule has 1 amide bonds. The van der Waals surface area contributed by atoms with Crippen LogP contribution in [0.5, 0.6) is 5.75 Å². The summed E-state index contributed by atoms with van der Waals surface area (Å²) in [5, 5.41) is 6.03. The molecule has 0 saturated heterocycles. The van der Waals surface area contributed by atoms with Crippen molar-refractivity contribution < 1.29 is 9.53 Å². The number of rotatable bonds is 3. The smallest absolute Gasteiger partial charge is 0.257 e. The highest BCUT2D eigenvalue weighted by Crippen LogP contribution is 2.25. The minimum Gasteiger partial charge on any atom is -0.497 e. The van der Waals surface area contributed by atoms with Crippen LogP contribution >= 0.6 is 28.1 Å². The first-order valence-electron chi connectivity index (χ1n) is 6.94. The van der Waals surface area contributed by atoms with E-state index >= 15 is 0 Å². The number of hydrogen-bond donors (Lipinski definition) is 2. The number of hydrogen-bond acceptors (Lipinski definition) is 3. The maximum Gasteiger partial charge on any atom is 0.257 e. The third-order valence-electron chi connectivity index (χ3n) is 3.32. The molecule has 6 heteroatoms. The van der Waals surface area contributed by atoms with E-state index in [1.165, 1.54) is 0 Å². The molecular formula is C17H17BrN2O2S. The maximum absolute atomic E-state index is 12.2. The van der Waals surface area contributed by atoms with Gasteiger partial charge in [-0.1, -0.05) is 15.9 Å². The van der Waals surface area contributed by atoms with Gasteiger partial charge in [0.15, 0.2) is 5.11 Å². The van der Waals surface area contributed by atoms with E-state index in [2.05, 4.69) is 26.6 Å². The topological polar surface area (TPSA) is 50.4 Å². The van der Waals surface area contributed by atoms with Crippen molar-refractivity contribution in [3.8, 4) is 5.75 Å². The predicted molar refractivity (Wildman–Crippen MR) is 100 cm³/mol. The molecule has 2 aromatic rings. The van der Waals surface area contributed by atoms with Crippen LogP contribution in [0.25, 0.3) is 0 Å². The summed E-state index contributed by atoms with van der Waals surface area (Å²) in [5.74, 6) is 0.431. The van der Waals surface area contributed by atoms with Gasteiger partial charge in [-0.3, -0.25) is 10.1 Å². The Labute approximate surface area is 149 Å². The van der Waals surface area contributed by atoms with E-state index in [1.807, 2.05) is 26.0 Å². The molecular weight excluding hydrogens is 376 g/mol. The molecule has 0 aliphatic heterocycles. The van der Waals surface area contributed by atoms with E-state index in [0.29, 0.717) is 11.3 Å². The number of methoxy groups -OCH3 is 1. The molecule has 0 heterocycles. The van der Waals surface area contributed by atoms with Gasteiger partial charge in [-0.2, -0.15) is 0 Å². The number of benzene rings is 2. The van der Waals surface area contributed by atoms with Gasteiger partial charge < -0.3 is 10.1 Å². The van der Waals surface area contributed by atoms with E-state index in [1.54, 1.807) is 31.4 Å². The van der Waals surface area contributed by atoms with Crippen LogP contribution in [0.3, 0.4) is 0 Å². The van der Waals surface area contributed by atoms with Crippen LogP contribution in [-0.4, -0.2) is 18.1 Å². The zero-order valence-corrected chi connectivity index (χ0v) is 15.5. The number of anilines is 1. The molecule has 0 aromatic heterocycles. The molecule has 2 N–H and O–H groups in total. The van der Waals surface area contributed by atoms with Gasteiger partial charge >= 0.3 is 0 Å². The lowest BCUT2D eigenvalue weighted by atomic mass is 10.1. The Bertz CT molecular complexity index is 722. The van der Waals surface area contributed by atoms with E-state index in [-0.39, 0.29) is 11.0 Å². The van der Waals surface area contributed by atoms with Crippen LogP contribution in [0.15, 0.2) is 40.9 Å². The average molecular weight is 393 g/mol. The van der Waals surface area contributed by atoms with Crippen LogP contribution < -0.4 is 15.4 Å². The number of nitrogens with one attached hydrogen (secondary N) is 2. The van der Waals surface area contributed by atoms with Gasteiger partial charge in [0.05, 0.1) is 7.11 Å². The predicted octanol–water partition coefficient (Wildman–Crippen LogP) is 4.20. The van der Waals surface area contributed by atoms with E-state index in [9.17, 15) is 4.79 Å². The summed E-state index contributed by atoms with van der Waals surface area (Å²) in [6.45, 7) is 3.96. The zero-order valence-electron chi connectivity index (χ0n) is 13.1. The summed E-state index contributed by atoms with van der Waals surface area (Å²) >= 11 is 8.69. The summed E-state index contributed by atoms with van der Waals surface area (Å²) in [4.78, 5) is 12.2. The fourth-order valence-electron chi connectivity index (χ4n) is 2.17. The quantitative estimate of drug-likeness (QED) is 0.768. The summed E-state index contributed by atoms with van der Waals surface area (Å²) in [5.41, 5.74) is 3.49. The Morgan fingerprint density at radius 1 is 1.13 bits per heavy atom. The Hall–Kier alpha value is -1.92. The van der Waals surface area contributed by atoms with Crippen molar-refractivity contribution >= 4 is 44.9 Å². The van der Waals surface area contributed by atoms with E-state index in [0.717, 1.165) is 21.3 Å². The molecule has 2 rings (SSSR count). The van der Waals surface area contributed by atoms with Crippen LogP contribution in [0.4, 0.5) is 5.69 Å². The minimum atomic E-state index is -0.266. The first-order valence-corrected chi connectivity index (χ1v) is 8.14.